The van der Waals surface area contributed by atoms with Crippen molar-refractivity contribution < 1.29 is 4.74 Å². The van der Waals surface area contributed by atoms with Gasteiger partial charge in [0, 0.05) is 12.0 Å². The first-order chi connectivity index (χ1) is 10.8. The lowest BCUT2D eigenvalue weighted by Crippen LogP contribution is -2.25. The van der Waals surface area contributed by atoms with Gasteiger partial charge in [0.2, 0.25) is 0 Å². The average molecular weight is 303 g/mol. The first-order valence-electron chi connectivity index (χ1n) is 9.32. The topological polar surface area (TPSA) is 9.23 Å². The smallest absolute Gasteiger partial charge is 0.0559 e. The summed E-state index contributed by atoms with van der Waals surface area (Å²) in [5.74, 6) is 1.77. The minimum absolute atomic E-state index is 0.269. The summed E-state index contributed by atoms with van der Waals surface area (Å²) >= 11 is 0. The van der Waals surface area contributed by atoms with Gasteiger partial charge in [0.15, 0.2) is 0 Å². The second-order valence-electron chi connectivity index (χ2n) is 7.25. The third kappa shape index (κ3) is 5.43. The lowest BCUT2D eigenvalue weighted by atomic mass is 9.76. The Morgan fingerprint density at radius 2 is 2.00 bits per heavy atom. The van der Waals surface area contributed by atoms with Gasteiger partial charge in [0.1, 0.15) is 0 Å². The van der Waals surface area contributed by atoms with Gasteiger partial charge in [-0.1, -0.05) is 49.6 Å². The van der Waals surface area contributed by atoms with Crippen LogP contribution < -0.4 is 0 Å². The van der Waals surface area contributed by atoms with E-state index in [2.05, 4.69) is 43.9 Å². The van der Waals surface area contributed by atoms with E-state index in [1.54, 1.807) is 0 Å². The largest absolute Gasteiger partial charge is 0.381 e. The van der Waals surface area contributed by atoms with Crippen LogP contribution in [-0.4, -0.2) is 13.2 Å². The SMILES string of the molecule is C=CC1CCC(CCCCC2(COCC)C=CC=CC2)CC1. The summed E-state index contributed by atoms with van der Waals surface area (Å²) in [7, 11) is 0. The summed E-state index contributed by atoms with van der Waals surface area (Å²) in [5.41, 5.74) is 0.269. The Balaban J connectivity index is 1.67. The summed E-state index contributed by atoms with van der Waals surface area (Å²) in [6.07, 6.45) is 23.4. The fourth-order valence-electron chi connectivity index (χ4n) is 4.00. The monoisotopic (exact) mass is 302 g/mol. The van der Waals surface area contributed by atoms with Crippen molar-refractivity contribution in [2.75, 3.05) is 13.2 Å². The zero-order valence-electron chi connectivity index (χ0n) is 14.4. The van der Waals surface area contributed by atoms with Gasteiger partial charge >= 0.3 is 0 Å². The zero-order valence-corrected chi connectivity index (χ0v) is 14.4. The molecule has 2 rings (SSSR count). The zero-order chi connectivity index (χ0) is 15.7. The molecule has 124 valence electrons. The van der Waals surface area contributed by atoms with E-state index in [9.17, 15) is 0 Å². The summed E-state index contributed by atoms with van der Waals surface area (Å²) in [6.45, 7) is 7.75. The van der Waals surface area contributed by atoms with Crippen LogP contribution in [0.3, 0.4) is 0 Å². The highest BCUT2D eigenvalue weighted by atomic mass is 16.5. The highest BCUT2D eigenvalue weighted by Crippen LogP contribution is 2.36. The van der Waals surface area contributed by atoms with E-state index in [-0.39, 0.29) is 5.41 Å². The lowest BCUT2D eigenvalue weighted by molar-refractivity contribution is 0.0707. The molecule has 0 spiro atoms. The number of allylic oxidation sites excluding steroid dienone is 4. The van der Waals surface area contributed by atoms with Gasteiger partial charge in [-0.3, -0.25) is 0 Å². The van der Waals surface area contributed by atoms with Crippen LogP contribution in [0.4, 0.5) is 0 Å². The molecule has 1 fully saturated rings. The highest BCUT2D eigenvalue weighted by molar-refractivity contribution is 5.16. The molecule has 1 atom stereocenters. The third-order valence-corrected chi connectivity index (χ3v) is 5.58. The third-order valence-electron chi connectivity index (χ3n) is 5.58. The Morgan fingerprint density at radius 1 is 1.18 bits per heavy atom. The van der Waals surface area contributed by atoms with E-state index < -0.39 is 0 Å². The lowest BCUT2D eigenvalue weighted by Gasteiger charge is -2.31. The Hall–Kier alpha value is -0.820. The minimum atomic E-state index is 0.269. The van der Waals surface area contributed by atoms with E-state index in [1.807, 2.05) is 0 Å². The molecule has 2 aliphatic carbocycles. The Labute approximate surface area is 137 Å². The molecule has 1 heteroatoms. The molecular weight excluding hydrogens is 268 g/mol. The standard InChI is InChI=1S/C21H34O/c1-3-19-11-13-20(14-12-19)10-6-9-17-21(18-22-4-2)15-7-5-8-16-21/h3,5,7-8,15,19-20H,1,4,6,9-14,16-18H2,2H3. The van der Waals surface area contributed by atoms with Crippen LogP contribution in [0.5, 0.6) is 0 Å². The van der Waals surface area contributed by atoms with Gasteiger partial charge in [-0.05, 0) is 57.3 Å². The molecule has 0 aromatic heterocycles. The van der Waals surface area contributed by atoms with Crippen molar-refractivity contribution in [2.24, 2.45) is 17.3 Å². The number of rotatable bonds is 9. The van der Waals surface area contributed by atoms with Gasteiger partial charge in [0.05, 0.1) is 6.61 Å². The number of hydrogen-bond donors (Lipinski definition) is 0. The van der Waals surface area contributed by atoms with Gasteiger partial charge in [-0.15, -0.1) is 6.58 Å². The molecule has 1 unspecified atom stereocenters. The van der Waals surface area contributed by atoms with Gasteiger partial charge in [-0.2, -0.15) is 0 Å². The van der Waals surface area contributed by atoms with Gasteiger partial charge < -0.3 is 4.74 Å². The maximum Gasteiger partial charge on any atom is 0.0559 e. The van der Waals surface area contributed by atoms with E-state index in [1.165, 1.54) is 51.4 Å². The quantitative estimate of drug-likeness (QED) is 0.370. The van der Waals surface area contributed by atoms with Gasteiger partial charge in [0.25, 0.3) is 0 Å². The molecule has 0 bridgehead atoms. The molecule has 0 radical (unpaired) electrons. The van der Waals surface area contributed by atoms with Crippen molar-refractivity contribution in [1.82, 2.24) is 0 Å². The highest BCUT2D eigenvalue weighted by Gasteiger charge is 2.27. The van der Waals surface area contributed by atoms with Crippen molar-refractivity contribution >= 4 is 0 Å². The normalized spacial score (nSPS) is 31.3. The first-order valence-corrected chi connectivity index (χ1v) is 9.32. The Morgan fingerprint density at radius 3 is 2.64 bits per heavy atom. The molecule has 0 amide bonds. The predicted octanol–water partition coefficient (Wildman–Crippen LogP) is 6.08. The Kier molecular flexibility index (Phi) is 7.45. The van der Waals surface area contributed by atoms with Crippen molar-refractivity contribution in [2.45, 2.75) is 64.7 Å². The predicted molar refractivity (Wildman–Crippen MR) is 95.9 cm³/mol. The molecule has 0 aromatic rings. The van der Waals surface area contributed by atoms with Crippen molar-refractivity contribution in [3.63, 3.8) is 0 Å². The fourth-order valence-corrected chi connectivity index (χ4v) is 4.00. The molecule has 0 saturated heterocycles. The molecule has 1 nitrogen and oxygen atoms in total. The minimum Gasteiger partial charge on any atom is -0.381 e. The molecule has 0 aromatic carbocycles. The number of hydrogen-bond acceptors (Lipinski definition) is 1. The maximum atomic E-state index is 5.75. The number of unbranched alkanes of at least 4 members (excludes halogenated alkanes) is 1. The van der Waals surface area contributed by atoms with Crippen molar-refractivity contribution in [1.29, 1.82) is 0 Å². The van der Waals surface area contributed by atoms with Crippen LogP contribution in [0.1, 0.15) is 64.7 Å². The summed E-state index contributed by atoms with van der Waals surface area (Å²) < 4.78 is 5.75. The molecular formula is C21H34O. The summed E-state index contributed by atoms with van der Waals surface area (Å²) in [6, 6.07) is 0. The molecule has 0 heterocycles. The molecule has 2 aliphatic rings. The maximum absolute atomic E-state index is 5.75. The van der Waals surface area contributed by atoms with Crippen LogP contribution in [-0.2, 0) is 4.74 Å². The van der Waals surface area contributed by atoms with Crippen LogP contribution >= 0.6 is 0 Å². The van der Waals surface area contributed by atoms with Crippen LogP contribution in [0.25, 0.3) is 0 Å². The van der Waals surface area contributed by atoms with Crippen molar-refractivity contribution in [3.8, 4) is 0 Å². The molecule has 0 N–H and O–H groups in total. The van der Waals surface area contributed by atoms with E-state index in [0.717, 1.165) is 31.5 Å². The van der Waals surface area contributed by atoms with Crippen LogP contribution in [0.15, 0.2) is 37.0 Å². The number of ether oxygens (including phenoxy) is 1. The second kappa shape index (κ2) is 9.35. The van der Waals surface area contributed by atoms with E-state index in [4.69, 9.17) is 4.74 Å². The fraction of sp³-hybridized carbons (Fsp3) is 0.714. The van der Waals surface area contributed by atoms with Crippen LogP contribution in [0.2, 0.25) is 0 Å². The summed E-state index contributed by atoms with van der Waals surface area (Å²) in [4.78, 5) is 0. The van der Waals surface area contributed by atoms with Gasteiger partial charge in [-0.25, -0.2) is 0 Å². The molecule has 1 saturated carbocycles. The van der Waals surface area contributed by atoms with Crippen molar-refractivity contribution in [3.05, 3.63) is 37.0 Å². The summed E-state index contributed by atoms with van der Waals surface area (Å²) in [5, 5.41) is 0. The van der Waals surface area contributed by atoms with Crippen LogP contribution in [0, 0.1) is 17.3 Å². The van der Waals surface area contributed by atoms with E-state index >= 15 is 0 Å². The average Bonchev–Trinajstić information content (AvgIpc) is 2.58. The molecule has 0 aliphatic heterocycles. The second-order valence-corrected chi connectivity index (χ2v) is 7.25. The van der Waals surface area contributed by atoms with E-state index in [0.29, 0.717) is 0 Å². The Bertz CT molecular complexity index is 373. The molecule has 22 heavy (non-hydrogen) atoms. The first kappa shape index (κ1) is 17.5.